The fraction of sp³-hybridized carbons (Fsp3) is 0. The summed E-state index contributed by atoms with van der Waals surface area (Å²) in [6, 6.07) is 0. The fourth-order valence-corrected chi connectivity index (χ4v) is 0. The monoisotopic (exact) mass is 229 g/mol. The molecule has 4 nitrogen and oxygen atoms in total. The van der Waals surface area contributed by atoms with Crippen LogP contribution in [-0.4, -0.2) is 0 Å². The van der Waals surface area contributed by atoms with Gasteiger partial charge in [0.2, 0.25) is 0 Å². The molecule has 0 amide bonds. The van der Waals surface area contributed by atoms with E-state index in [-0.39, 0.29) is 73.1 Å². The zero-order valence-electron chi connectivity index (χ0n) is 2.77. The molecule has 53 valence electrons. The molecule has 0 atom stereocenters. The summed E-state index contributed by atoms with van der Waals surface area (Å²) in [6.07, 6.45) is 0. The summed E-state index contributed by atoms with van der Waals surface area (Å²) in [7, 11) is 0. The molecular weight excluding hydrogens is 229 g/mol. The van der Waals surface area contributed by atoms with E-state index in [0.717, 1.165) is 0 Å². The van der Waals surface area contributed by atoms with Crippen molar-refractivity contribution >= 4 is 0 Å². The first-order chi connectivity index (χ1) is 0. The molecule has 0 spiro atoms. The van der Waals surface area contributed by atoms with E-state index in [1.54, 1.807) is 0 Å². The van der Waals surface area contributed by atoms with Gasteiger partial charge in [-0.25, -0.2) is 0 Å². The van der Waals surface area contributed by atoms with Crippen LogP contribution in [0.1, 0.15) is 0 Å². The summed E-state index contributed by atoms with van der Waals surface area (Å²) in [6.45, 7) is 0. The van der Waals surface area contributed by atoms with Gasteiger partial charge >= 0.3 is 0 Å². The van der Waals surface area contributed by atoms with E-state index in [0.29, 0.717) is 0 Å². The second-order valence-electron chi connectivity index (χ2n) is 0. The maximum absolute atomic E-state index is 0. The van der Waals surface area contributed by atoms with Crippen LogP contribution >= 0.6 is 0 Å². The van der Waals surface area contributed by atoms with E-state index in [9.17, 15) is 0 Å². The molecule has 0 aliphatic rings. The Morgan fingerprint density at radius 3 is 0.286 bits per heavy atom. The molecule has 0 aliphatic carbocycles. The normalized spacial score (nSPS) is 0. The average molecular weight is 229 g/mol. The first-order valence-corrected chi connectivity index (χ1v) is 0. The van der Waals surface area contributed by atoms with E-state index in [1.165, 1.54) is 0 Å². The quantitative estimate of drug-likeness (QED) is 0.499. The minimum Gasteiger partial charge on any atom is -2.00 e. The predicted octanol–water partition coefficient (Wildman–Crippen LogP) is -0.483. The molecular formula is Mn3O4-8. The van der Waals surface area contributed by atoms with Crippen LogP contribution in [-0.2, 0) is 73.1 Å². The Hall–Kier alpha value is 1.40. The van der Waals surface area contributed by atoms with Crippen LogP contribution in [0.25, 0.3) is 0 Å². The standard InChI is InChI=1S/3Mn.4O/q;;;4*-2. The van der Waals surface area contributed by atoms with Crippen molar-refractivity contribution in [3.8, 4) is 0 Å². The van der Waals surface area contributed by atoms with E-state index >= 15 is 0 Å². The van der Waals surface area contributed by atoms with Crippen molar-refractivity contribution in [1.29, 1.82) is 0 Å². The van der Waals surface area contributed by atoms with Gasteiger partial charge in [0.25, 0.3) is 0 Å². The van der Waals surface area contributed by atoms with Crippen molar-refractivity contribution in [2.45, 2.75) is 0 Å². The van der Waals surface area contributed by atoms with Crippen molar-refractivity contribution in [3.63, 3.8) is 0 Å². The van der Waals surface area contributed by atoms with Gasteiger partial charge in [-0.2, -0.15) is 0 Å². The molecule has 0 aromatic rings. The van der Waals surface area contributed by atoms with Gasteiger partial charge in [0.1, 0.15) is 0 Å². The summed E-state index contributed by atoms with van der Waals surface area (Å²) >= 11 is 0. The molecule has 0 rings (SSSR count). The van der Waals surface area contributed by atoms with Gasteiger partial charge in [-0.3, -0.25) is 0 Å². The van der Waals surface area contributed by atoms with Gasteiger partial charge in [0, 0.05) is 51.2 Å². The van der Waals surface area contributed by atoms with Gasteiger partial charge in [-0.1, -0.05) is 0 Å². The summed E-state index contributed by atoms with van der Waals surface area (Å²) < 4.78 is 0. The average Bonchev–Trinajstić information content (AvgIpc) is 0. The number of hydrogen-bond acceptors (Lipinski definition) is 0. The van der Waals surface area contributed by atoms with Gasteiger partial charge in [-0.05, 0) is 0 Å². The molecule has 7 heavy (non-hydrogen) atoms. The van der Waals surface area contributed by atoms with Crippen LogP contribution < -0.4 is 0 Å². The first-order valence-electron chi connectivity index (χ1n) is 0. The van der Waals surface area contributed by atoms with Crippen LogP contribution in [0.15, 0.2) is 0 Å². The summed E-state index contributed by atoms with van der Waals surface area (Å²) in [4.78, 5) is 0. The minimum atomic E-state index is 0. The molecule has 7 heteroatoms. The van der Waals surface area contributed by atoms with Crippen molar-refractivity contribution in [2.24, 2.45) is 0 Å². The minimum absolute atomic E-state index is 0. The summed E-state index contributed by atoms with van der Waals surface area (Å²) in [5.41, 5.74) is 0. The van der Waals surface area contributed by atoms with Gasteiger partial charge in [0.05, 0.1) is 0 Å². The van der Waals surface area contributed by atoms with Crippen molar-refractivity contribution < 1.29 is 73.1 Å². The van der Waals surface area contributed by atoms with E-state index in [1.807, 2.05) is 0 Å². The van der Waals surface area contributed by atoms with Crippen LogP contribution in [0.3, 0.4) is 0 Å². The van der Waals surface area contributed by atoms with Gasteiger partial charge < -0.3 is 21.9 Å². The molecule has 0 aromatic carbocycles. The Morgan fingerprint density at radius 1 is 0.286 bits per heavy atom. The summed E-state index contributed by atoms with van der Waals surface area (Å²) in [5, 5.41) is 0. The summed E-state index contributed by atoms with van der Waals surface area (Å²) in [5.74, 6) is 0. The molecule has 0 fully saturated rings. The molecule has 0 aliphatic heterocycles. The van der Waals surface area contributed by atoms with Crippen LogP contribution in [0.2, 0.25) is 0 Å². The Kier molecular flexibility index (Phi) is 5200. The Labute approximate surface area is 73.1 Å². The Morgan fingerprint density at radius 2 is 0.286 bits per heavy atom. The molecule has 0 aromatic heterocycles. The SMILES string of the molecule is [Mn].[Mn].[Mn].[O-2].[O-2].[O-2].[O-2]. The molecule has 0 N–H and O–H groups in total. The van der Waals surface area contributed by atoms with E-state index in [4.69, 9.17) is 0 Å². The van der Waals surface area contributed by atoms with Gasteiger partial charge in [-0.15, -0.1) is 0 Å². The second-order valence-corrected chi connectivity index (χ2v) is 0. The molecule has 0 unspecified atom stereocenters. The van der Waals surface area contributed by atoms with Crippen LogP contribution in [0.5, 0.6) is 0 Å². The largest absolute Gasteiger partial charge is 2.00 e. The Bertz CT molecular complexity index is 6.90. The van der Waals surface area contributed by atoms with E-state index in [2.05, 4.69) is 0 Å². The number of rotatable bonds is 0. The smallest absolute Gasteiger partial charge is 0 e. The number of hydrogen-bond donors (Lipinski definition) is 0. The maximum atomic E-state index is 0. The molecule has 3 radical (unpaired) electrons. The predicted molar refractivity (Wildman–Crippen MR) is 2.75 cm³/mol. The first kappa shape index (κ1) is 235. The third-order valence-electron chi connectivity index (χ3n) is 0. The third-order valence-corrected chi connectivity index (χ3v) is 0. The van der Waals surface area contributed by atoms with E-state index < -0.39 is 0 Å². The Balaban J connectivity index is 0. The van der Waals surface area contributed by atoms with Crippen LogP contribution in [0.4, 0.5) is 0 Å². The van der Waals surface area contributed by atoms with Gasteiger partial charge in [0.15, 0.2) is 0 Å². The maximum Gasteiger partial charge on any atom is 0 e. The topological polar surface area (TPSA) is 114 Å². The second kappa shape index (κ2) is 155. The fourth-order valence-electron chi connectivity index (χ4n) is 0. The van der Waals surface area contributed by atoms with Crippen molar-refractivity contribution in [3.05, 3.63) is 0 Å². The van der Waals surface area contributed by atoms with Crippen molar-refractivity contribution in [1.82, 2.24) is 0 Å². The zero-order valence-corrected chi connectivity index (χ0v) is 6.31. The molecule has 0 saturated carbocycles. The molecule has 0 bridgehead atoms. The third kappa shape index (κ3) is 110. The van der Waals surface area contributed by atoms with Crippen molar-refractivity contribution in [2.75, 3.05) is 0 Å². The molecule has 0 heterocycles. The van der Waals surface area contributed by atoms with Crippen LogP contribution in [0, 0.1) is 0 Å². The zero-order chi connectivity index (χ0) is 0. The molecule has 0 saturated heterocycles.